The van der Waals surface area contributed by atoms with Crippen LogP contribution in [0.1, 0.15) is 348 Å². The number of aliphatic hydroxyl groups excluding tert-OH is 11. The Labute approximate surface area is 636 Å². The quantitative estimate of drug-likeness (QED) is 0.0199. The maximum absolute atomic E-state index is 13.5. The zero-order valence-electron chi connectivity index (χ0n) is 66.0. The molecule has 0 radical (unpaired) electrons. The summed E-state index contributed by atoms with van der Waals surface area (Å²) >= 11 is 0. The highest BCUT2D eigenvalue weighted by Gasteiger charge is 2.54. The van der Waals surface area contributed by atoms with E-state index in [9.17, 15) is 61.0 Å². The molecule has 105 heavy (non-hydrogen) atoms. The second-order valence-corrected chi connectivity index (χ2v) is 30.6. The Bertz CT molecular complexity index is 2130. The standard InChI is InChI=1S/C86H157NO18/c1-3-5-7-9-11-13-15-17-19-21-23-24-25-26-27-28-29-30-31-32-33-34-35-36-37-38-39-40-41-42-43-44-46-48-50-52-54-56-58-60-62-64-74(92)87-69(70(91)63-61-59-57-55-53-51-49-47-45-22-20-18-16-14-12-10-8-6-4-2)68-100-84-80(98)77(95)82(72(66-89)102-84)105-86-81(99)78(96)83(73(67-90)103-86)104-85-79(97)76(94)75(93)71(65-88)101-85/h15,17,21,23,25-26,53,55,61,63,69-73,75-86,88-91,93-99H,3-14,16,18-20,22,24,27-52,54,56-60,62,64-68H2,1-2H3,(H,87,92)/b17-15-,23-21-,26-25-,55-53+,63-61+. The third-order valence-electron chi connectivity index (χ3n) is 21.3. The van der Waals surface area contributed by atoms with E-state index in [0.29, 0.717) is 12.8 Å². The summed E-state index contributed by atoms with van der Waals surface area (Å²) in [6, 6.07) is -0.991. The molecule has 614 valence electrons. The van der Waals surface area contributed by atoms with Crippen LogP contribution in [0, 0.1) is 0 Å². The number of carbonyl (C=O) groups excluding carboxylic acids is 1. The molecule has 3 saturated heterocycles. The molecule has 19 nitrogen and oxygen atoms in total. The normalized spacial score (nSPS) is 26.0. The zero-order valence-corrected chi connectivity index (χ0v) is 66.0. The van der Waals surface area contributed by atoms with Gasteiger partial charge < -0.3 is 89.9 Å². The van der Waals surface area contributed by atoms with E-state index in [2.05, 4.69) is 67.8 Å². The summed E-state index contributed by atoms with van der Waals surface area (Å²) in [7, 11) is 0. The van der Waals surface area contributed by atoms with Gasteiger partial charge in [0.15, 0.2) is 18.9 Å². The minimum atomic E-state index is -1.98. The van der Waals surface area contributed by atoms with E-state index < -0.39 is 124 Å². The van der Waals surface area contributed by atoms with Crippen molar-refractivity contribution in [2.75, 3.05) is 26.4 Å². The number of aliphatic hydroxyl groups is 11. The predicted octanol–water partition coefficient (Wildman–Crippen LogP) is 15.4. The summed E-state index contributed by atoms with van der Waals surface area (Å²) < 4.78 is 34.4. The Morgan fingerprint density at radius 3 is 1.02 bits per heavy atom. The van der Waals surface area contributed by atoms with Gasteiger partial charge in [-0.3, -0.25) is 4.79 Å². The summed E-state index contributed by atoms with van der Waals surface area (Å²) in [5, 5.41) is 121. The number of unbranched alkanes of at least 4 members (excludes halogenated alkanes) is 45. The molecule has 19 heteroatoms. The average molecular weight is 1490 g/mol. The molecule has 0 aromatic heterocycles. The average Bonchev–Trinajstić information content (AvgIpc) is 0.781. The molecule has 1 amide bonds. The Morgan fingerprint density at radius 1 is 0.343 bits per heavy atom. The van der Waals surface area contributed by atoms with Gasteiger partial charge in [0.2, 0.25) is 5.91 Å². The van der Waals surface area contributed by atoms with E-state index in [0.717, 1.165) is 51.4 Å². The van der Waals surface area contributed by atoms with E-state index in [-0.39, 0.29) is 18.9 Å². The molecule has 3 rings (SSSR count). The molecule has 3 heterocycles. The van der Waals surface area contributed by atoms with Crippen LogP contribution in [0.25, 0.3) is 0 Å². The second-order valence-electron chi connectivity index (χ2n) is 30.6. The Hall–Kier alpha value is -2.51. The number of hydrogen-bond acceptors (Lipinski definition) is 18. The van der Waals surface area contributed by atoms with Gasteiger partial charge in [-0.2, -0.15) is 0 Å². The molecule has 3 fully saturated rings. The number of allylic oxidation sites excluding steroid dienone is 9. The number of nitrogens with one attached hydrogen (secondary N) is 1. The zero-order chi connectivity index (χ0) is 76.0. The maximum Gasteiger partial charge on any atom is 0.220 e. The van der Waals surface area contributed by atoms with Gasteiger partial charge in [-0.05, 0) is 70.6 Å². The molecular formula is C86H157NO18. The molecule has 0 aromatic carbocycles. The molecule has 17 atom stereocenters. The van der Waals surface area contributed by atoms with Crippen LogP contribution in [-0.4, -0.2) is 193 Å². The Kier molecular flexibility index (Phi) is 60.9. The maximum atomic E-state index is 13.5. The van der Waals surface area contributed by atoms with Crippen LogP contribution in [-0.2, 0) is 33.2 Å². The van der Waals surface area contributed by atoms with E-state index in [1.54, 1.807) is 6.08 Å². The first-order chi connectivity index (χ1) is 51.3. The van der Waals surface area contributed by atoms with Gasteiger partial charge in [0.05, 0.1) is 38.6 Å². The van der Waals surface area contributed by atoms with Crippen LogP contribution in [0.5, 0.6) is 0 Å². The van der Waals surface area contributed by atoms with Gasteiger partial charge in [0, 0.05) is 6.42 Å². The van der Waals surface area contributed by atoms with Crippen LogP contribution in [0.15, 0.2) is 60.8 Å². The monoisotopic (exact) mass is 1490 g/mol. The van der Waals surface area contributed by atoms with Crippen LogP contribution in [0.4, 0.5) is 0 Å². The lowest BCUT2D eigenvalue weighted by molar-refractivity contribution is -0.379. The van der Waals surface area contributed by atoms with Crippen LogP contribution in [0.2, 0.25) is 0 Å². The molecular weight excluding hydrogens is 1330 g/mol. The SMILES string of the molecule is CCCCCCC/C=C\C/C=C\C/C=C\CCCCCCCCCCCCCCCCCCCCCCCCCCCCC(=O)NC(COC1OC(CO)C(OC2OC(CO)C(OC3OC(CO)C(O)C(O)C3O)C(O)C2O)C(O)C1O)C(O)/C=C/CC/C=C/CCCCCCCCCCCCCCC. The second kappa shape index (κ2) is 66.1. The summed E-state index contributed by atoms with van der Waals surface area (Å²) in [5.74, 6) is -0.280. The van der Waals surface area contributed by atoms with Crippen molar-refractivity contribution >= 4 is 5.91 Å². The molecule has 0 saturated carbocycles. The van der Waals surface area contributed by atoms with Crippen molar-refractivity contribution in [2.24, 2.45) is 0 Å². The fraction of sp³-hybridized carbons (Fsp3) is 0.872. The van der Waals surface area contributed by atoms with Crippen molar-refractivity contribution in [3.8, 4) is 0 Å². The summed E-state index contributed by atoms with van der Waals surface area (Å²) in [5.41, 5.74) is 0. The topological polar surface area (TPSA) is 307 Å². The number of carbonyl (C=O) groups is 1. The minimum Gasteiger partial charge on any atom is -0.394 e. The van der Waals surface area contributed by atoms with Gasteiger partial charge in [-0.15, -0.1) is 0 Å². The highest BCUT2D eigenvalue weighted by atomic mass is 16.8. The first-order valence-corrected chi connectivity index (χ1v) is 43.0. The number of rotatable bonds is 69. The summed E-state index contributed by atoms with van der Waals surface area (Å²) in [6.45, 7) is 1.74. The summed E-state index contributed by atoms with van der Waals surface area (Å²) in [6.07, 6.45) is 59.6. The van der Waals surface area contributed by atoms with Crippen molar-refractivity contribution in [3.05, 3.63) is 60.8 Å². The molecule has 0 aromatic rings. The molecule has 12 N–H and O–H groups in total. The van der Waals surface area contributed by atoms with Crippen molar-refractivity contribution in [1.29, 1.82) is 0 Å². The van der Waals surface area contributed by atoms with E-state index in [4.69, 9.17) is 28.4 Å². The van der Waals surface area contributed by atoms with Crippen LogP contribution >= 0.6 is 0 Å². The van der Waals surface area contributed by atoms with E-state index in [1.807, 2.05) is 6.08 Å². The molecule has 0 aliphatic carbocycles. The molecule has 17 unspecified atom stereocenters. The van der Waals surface area contributed by atoms with Gasteiger partial charge >= 0.3 is 0 Å². The third kappa shape index (κ3) is 45.6. The number of hydrogen-bond donors (Lipinski definition) is 12. The lowest BCUT2D eigenvalue weighted by atomic mass is 9.96. The van der Waals surface area contributed by atoms with Gasteiger partial charge in [0.25, 0.3) is 0 Å². The third-order valence-corrected chi connectivity index (χ3v) is 21.3. The molecule has 3 aliphatic rings. The Balaban J connectivity index is 1.29. The summed E-state index contributed by atoms with van der Waals surface area (Å²) in [4.78, 5) is 13.5. The molecule has 0 bridgehead atoms. The minimum absolute atomic E-state index is 0.238. The largest absolute Gasteiger partial charge is 0.394 e. The molecule has 3 aliphatic heterocycles. The predicted molar refractivity (Wildman–Crippen MR) is 420 cm³/mol. The van der Waals surface area contributed by atoms with Crippen LogP contribution < -0.4 is 5.32 Å². The highest BCUT2D eigenvalue weighted by molar-refractivity contribution is 5.76. The van der Waals surface area contributed by atoms with E-state index >= 15 is 0 Å². The first-order valence-electron chi connectivity index (χ1n) is 43.0. The van der Waals surface area contributed by atoms with E-state index in [1.165, 1.54) is 263 Å². The van der Waals surface area contributed by atoms with Gasteiger partial charge in [0.1, 0.15) is 73.2 Å². The highest BCUT2D eigenvalue weighted by Crippen LogP contribution is 2.33. The lowest BCUT2D eigenvalue weighted by Gasteiger charge is -2.48. The van der Waals surface area contributed by atoms with Crippen molar-refractivity contribution in [2.45, 2.75) is 452 Å². The van der Waals surface area contributed by atoms with Crippen molar-refractivity contribution in [1.82, 2.24) is 5.32 Å². The van der Waals surface area contributed by atoms with Crippen molar-refractivity contribution in [3.63, 3.8) is 0 Å². The van der Waals surface area contributed by atoms with Gasteiger partial charge in [-0.25, -0.2) is 0 Å². The smallest absolute Gasteiger partial charge is 0.220 e. The fourth-order valence-electron chi connectivity index (χ4n) is 14.4. The Morgan fingerprint density at radius 2 is 0.638 bits per heavy atom. The van der Waals surface area contributed by atoms with Crippen molar-refractivity contribution < 1.29 is 89.4 Å². The molecule has 0 spiro atoms. The van der Waals surface area contributed by atoms with Crippen LogP contribution in [0.3, 0.4) is 0 Å². The fourth-order valence-corrected chi connectivity index (χ4v) is 14.4. The lowest BCUT2D eigenvalue weighted by Crippen LogP contribution is -2.66. The number of amides is 1. The number of ether oxygens (including phenoxy) is 6. The van der Waals surface area contributed by atoms with Gasteiger partial charge in [-0.1, -0.05) is 331 Å². The first kappa shape index (κ1) is 96.7.